The summed E-state index contributed by atoms with van der Waals surface area (Å²) < 4.78 is 34.9. The molecule has 4 atom stereocenters. The number of hydrogen-bond acceptors (Lipinski definition) is 13. The summed E-state index contributed by atoms with van der Waals surface area (Å²) in [6.07, 6.45) is -2.75. The molecular weight excluding hydrogens is 496 g/mol. The fourth-order valence-electron chi connectivity index (χ4n) is 2.10. The number of methoxy groups -OCH3 is 2. The van der Waals surface area contributed by atoms with Crippen molar-refractivity contribution in [1.29, 1.82) is 0 Å². The molecule has 0 aliphatic carbocycles. The van der Waals surface area contributed by atoms with E-state index in [1.165, 1.54) is 14.2 Å². The van der Waals surface area contributed by atoms with Crippen LogP contribution in [0.2, 0.25) is 0 Å². The molecule has 0 saturated carbocycles. The molecule has 36 heavy (non-hydrogen) atoms. The van der Waals surface area contributed by atoms with Crippen molar-refractivity contribution < 1.29 is 78.2 Å². The fourth-order valence-corrected chi connectivity index (χ4v) is 2.10. The number of aliphatic hydroxyl groups is 3. The Bertz CT molecular complexity index is 560. The van der Waals surface area contributed by atoms with Gasteiger partial charge in [-0.05, 0) is 0 Å². The van der Waals surface area contributed by atoms with Crippen LogP contribution in [0.1, 0.15) is 0 Å². The molecule has 0 amide bonds. The molecule has 16 nitrogen and oxygen atoms in total. The minimum Gasteiger partial charge on any atom is -0.480 e. The highest BCUT2D eigenvalue weighted by Crippen LogP contribution is 2.02. The molecule has 0 heterocycles. The van der Waals surface area contributed by atoms with E-state index in [1.54, 1.807) is 0 Å². The van der Waals surface area contributed by atoms with E-state index in [0.29, 0.717) is 0 Å². The van der Waals surface area contributed by atoms with E-state index in [-0.39, 0.29) is 52.9 Å². The lowest BCUT2D eigenvalue weighted by molar-refractivity contribution is -0.155. The molecule has 0 bridgehead atoms. The molecule has 0 aromatic carbocycles. The van der Waals surface area contributed by atoms with E-state index >= 15 is 0 Å². The lowest BCUT2D eigenvalue weighted by Gasteiger charge is -2.21. The maximum Gasteiger partial charge on any atom is 0.329 e. The first-order valence-corrected chi connectivity index (χ1v) is 10.6. The number of carboxylic acid groups (broad SMARTS) is 3. The van der Waals surface area contributed by atoms with Crippen molar-refractivity contribution >= 4 is 17.9 Å². The van der Waals surface area contributed by atoms with Crippen molar-refractivity contribution in [2.45, 2.75) is 24.4 Å². The number of aliphatic carboxylic acids is 3. The van der Waals surface area contributed by atoms with Gasteiger partial charge in [0.1, 0.15) is 44.2 Å². The standard InChI is InChI=1S/C13H22O11.C7H16O5/c1-20-2-9(3-21-6-11(14)15)23-5-10(24-8-13(18)19)4-22-7-12(16)17;1-11-5-7(3-9)12-4-6(10)2-8/h9-10H,2-8H2,1H3,(H,14,15)(H,16,17)(H,18,19);6-10H,2-5H2,1H3. The Morgan fingerprint density at radius 2 is 1.03 bits per heavy atom. The topological polar surface area (TPSA) is 237 Å². The van der Waals surface area contributed by atoms with E-state index in [1.807, 2.05) is 0 Å². The van der Waals surface area contributed by atoms with E-state index in [2.05, 4.69) is 0 Å². The molecule has 0 aromatic heterocycles. The molecular formula is C20H38O16. The second-order valence-corrected chi connectivity index (χ2v) is 6.98. The number of carboxylic acids is 3. The summed E-state index contributed by atoms with van der Waals surface area (Å²) in [6.45, 7) is -2.12. The van der Waals surface area contributed by atoms with Crippen molar-refractivity contribution in [3.8, 4) is 0 Å². The van der Waals surface area contributed by atoms with Crippen molar-refractivity contribution in [3.05, 3.63) is 0 Å². The van der Waals surface area contributed by atoms with E-state index in [9.17, 15) is 14.4 Å². The van der Waals surface area contributed by atoms with Crippen molar-refractivity contribution in [1.82, 2.24) is 0 Å². The SMILES string of the molecule is COCC(CO)OCC(O)CO.COCC(COCC(=O)O)OCC(COCC(=O)O)OCC(=O)O. The van der Waals surface area contributed by atoms with Gasteiger partial charge in [-0.15, -0.1) is 0 Å². The number of carbonyl (C=O) groups is 3. The first kappa shape index (κ1) is 36.2. The van der Waals surface area contributed by atoms with Crippen LogP contribution in [0.25, 0.3) is 0 Å². The predicted molar refractivity (Wildman–Crippen MR) is 118 cm³/mol. The summed E-state index contributed by atoms with van der Waals surface area (Å²) in [5, 5.41) is 51.6. The van der Waals surface area contributed by atoms with Gasteiger partial charge in [-0.25, -0.2) is 14.4 Å². The van der Waals surface area contributed by atoms with Crippen LogP contribution in [-0.4, -0.2) is 160 Å². The molecule has 0 fully saturated rings. The number of rotatable bonds is 23. The van der Waals surface area contributed by atoms with Crippen LogP contribution in [0.4, 0.5) is 0 Å². The summed E-state index contributed by atoms with van der Waals surface area (Å²) in [7, 11) is 2.91. The van der Waals surface area contributed by atoms with Crippen molar-refractivity contribution in [2.24, 2.45) is 0 Å². The Morgan fingerprint density at radius 3 is 1.44 bits per heavy atom. The average molecular weight is 535 g/mol. The summed E-state index contributed by atoms with van der Waals surface area (Å²) in [4.78, 5) is 31.3. The molecule has 6 N–H and O–H groups in total. The number of ether oxygens (including phenoxy) is 7. The molecule has 0 aliphatic rings. The molecule has 16 heteroatoms. The molecule has 0 radical (unpaired) electrons. The van der Waals surface area contributed by atoms with Crippen LogP contribution in [0.5, 0.6) is 0 Å². The Morgan fingerprint density at radius 1 is 0.583 bits per heavy atom. The molecule has 0 saturated heterocycles. The van der Waals surface area contributed by atoms with Crippen LogP contribution in [-0.2, 0) is 47.5 Å². The molecule has 0 aliphatic heterocycles. The maximum atomic E-state index is 10.5. The van der Waals surface area contributed by atoms with Crippen LogP contribution >= 0.6 is 0 Å². The number of aliphatic hydroxyl groups excluding tert-OH is 3. The highest BCUT2D eigenvalue weighted by molar-refractivity contribution is 5.68. The Labute approximate surface area is 208 Å². The van der Waals surface area contributed by atoms with Crippen LogP contribution in [0, 0.1) is 0 Å². The number of hydrogen-bond donors (Lipinski definition) is 6. The Kier molecular flexibility index (Phi) is 24.8. The van der Waals surface area contributed by atoms with Gasteiger partial charge in [-0.1, -0.05) is 0 Å². The first-order chi connectivity index (χ1) is 17.1. The van der Waals surface area contributed by atoms with Gasteiger partial charge in [0.2, 0.25) is 0 Å². The largest absolute Gasteiger partial charge is 0.480 e. The third kappa shape index (κ3) is 25.1. The molecule has 0 spiro atoms. The van der Waals surface area contributed by atoms with Crippen LogP contribution in [0.3, 0.4) is 0 Å². The molecule has 4 unspecified atom stereocenters. The summed E-state index contributed by atoms with van der Waals surface area (Å²) in [5.41, 5.74) is 0. The van der Waals surface area contributed by atoms with Crippen molar-refractivity contribution in [3.63, 3.8) is 0 Å². The van der Waals surface area contributed by atoms with Gasteiger partial charge in [0.25, 0.3) is 0 Å². The van der Waals surface area contributed by atoms with Gasteiger partial charge in [0, 0.05) is 14.2 Å². The zero-order valence-electron chi connectivity index (χ0n) is 20.4. The van der Waals surface area contributed by atoms with Crippen LogP contribution < -0.4 is 0 Å². The third-order valence-corrected chi connectivity index (χ3v) is 3.66. The zero-order chi connectivity index (χ0) is 27.8. The Hall–Kier alpha value is -1.99. The summed E-state index contributed by atoms with van der Waals surface area (Å²) in [5.74, 6) is -3.50. The second kappa shape index (κ2) is 24.7. The minimum atomic E-state index is -1.20. The first-order valence-electron chi connectivity index (χ1n) is 10.6. The minimum absolute atomic E-state index is 0.00505. The normalized spacial score (nSPS) is 14.2. The Balaban J connectivity index is 0. The lowest BCUT2D eigenvalue weighted by Crippen LogP contribution is -2.34. The summed E-state index contributed by atoms with van der Waals surface area (Å²) >= 11 is 0. The van der Waals surface area contributed by atoms with Gasteiger partial charge >= 0.3 is 17.9 Å². The van der Waals surface area contributed by atoms with Gasteiger partial charge in [0.15, 0.2) is 0 Å². The van der Waals surface area contributed by atoms with Crippen molar-refractivity contribution in [2.75, 3.05) is 86.9 Å². The van der Waals surface area contributed by atoms with Gasteiger partial charge in [-0.2, -0.15) is 0 Å². The third-order valence-electron chi connectivity index (χ3n) is 3.66. The van der Waals surface area contributed by atoms with Gasteiger partial charge in [-0.3, -0.25) is 0 Å². The van der Waals surface area contributed by atoms with E-state index < -0.39 is 62.1 Å². The van der Waals surface area contributed by atoms with Crippen LogP contribution in [0.15, 0.2) is 0 Å². The average Bonchev–Trinajstić information content (AvgIpc) is 2.82. The fraction of sp³-hybridized carbons (Fsp3) is 0.850. The van der Waals surface area contributed by atoms with Gasteiger partial charge in [0.05, 0.1) is 52.9 Å². The maximum absolute atomic E-state index is 10.5. The quantitative estimate of drug-likeness (QED) is 0.0768. The lowest BCUT2D eigenvalue weighted by atomic mass is 10.3. The van der Waals surface area contributed by atoms with E-state index in [0.717, 1.165) is 0 Å². The predicted octanol–water partition coefficient (Wildman–Crippen LogP) is -2.95. The molecule has 0 rings (SSSR count). The summed E-state index contributed by atoms with van der Waals surface area (Å²) in [6, 6.07) is 0. The van der Waals surface area contributed by atoms with E-state index in [4.69, 9.17) is 63.8 Å². The highest BCUT2D eigenvalue weighted by Gasteiger charge is 2.17. The molecule has 214 valence electrons. The molecule has 0 aromatic rings. The monoisotopic (exact) mass is 534 g/mol. The smallest absolute Gasteiger partial charge is 0.329 e. The second-order valence-electron chi connectivity index (χ2n) is 6.98. The highest BCUT2D eigenvalue weighted by atomic mass is 16.6. The van der Waals surface area contributed by atoms with Gasteiger partial charge < -0.3 is 63.8 Å². The zero-order valence-corrected chi connectivity index (χ0v) is 20.4.